The summed E-state index contributed by atoms with van der Waals surface area (Å²) in [6.07, 6.45) is 1.74. The van der Waals surface area contributed by atoms with Crippen LogP contribution < -0.4 is 5.32 Å². The Hall–Kier alpha value is -2.46. The molecule has 1 atom stereocenters. The number of aromatic nitrogens is 1. The van der Waals surface area contributed by atoms with Gasteiger partial charge >= 0.3 is 0 Å². The Bertz CT molecular complexity index is 714. The smallest absolute Gasteiger partial charge is 0.262 e. The zero-order valence-electron chi connectivity index (χ0n) is 12.2. The molecule has 0 saturated carbocycles. The first-order valence-electron chi connectivity index (χ1n) is 7.07. The van der Waals surface area contributed by atoms with E-state index < -0.39 is 0 Å². The van der Waals surface area contributed by atoms with Crippen LogP contribution in [0.15, 0.2) is 66.9 Å². The second-order valence-electron chi connectivity index (χ2n) is 4.98. The van der Waals surface area contributed by atoms with Crippen molar-refractivity contribution < 1.29 is 4.79 Å². The van der Waals surface area contributed by atoms with Gasteiger partial charge in [-0.2, -0.15) is 0 Å². The number of aryl methyl sites for hydroxylation is 1. The molecule has 1 N–H and O–H groups in total. The monoisotopic (exact) mass is 308 g/mol. The Morgan fingerprint density at radius 1 is 1.05 bits per heavy atom. The van der Waals surface area contributed by atoms with Crippen LogP contribution in [0.1, 0.15) is 31.8 Å². The zero-order valence-corrected chi connectivity index (χ0v) is 13.0. The van der Waals surface area contributed by atoms with Crippen LogP contribution in [-0.2, 0) is 0 Å². The number of hydrogen-bond acceptors (Lipinski definition) is 3. The number of hydrogen-bond donors (Lipinski definition) is 1. The third kappa shape index (κ3) is 3.23. The number of amides is 1. The summed E-state index contributed by atoms with van der Waals surface area (Å²) in [5.74, 6) is -0.0717. The molecule has 1 amide bonds. The fourth-order valence-electron chi connectivity index (χ4n) is 2.28. The molecule has 110 valence electrons. The fraction of sp³-hybridized carbons (Fsp3) is 0.111. The van der Waals surface area contributed by atoms with Crippen LogP contribution in [0.25, 0.3) is 0 Å². The molecule has 0 bridgehead atoms. The third-order valence-electron chi connectivity index (χ3n) is 3.36. The zero-order chi connectivity index (χ0) is 15.4. The molecule has 2 heterocycles. The molecule has 0 fully saturated rings. The lowest BCUT2D eigenvalue weighted by atomic mass is 10.0. The number of pyridine rings is 1. The van der Waals surface area contributed by atoms with Crippen LogP contribution in [0.2, 0.25) is 0 Å². The van der Waals surface area contributed by atoms with Crippen LogP contribution in [0.4, 0.5) is 0 Å². The minimum Gasteiger partial charge on any atom is -0.339 e. The summed E-state index contributed by atoms with van der Waals surface area (Å²) < 4.78 is 0. The van der Waals surface area contributed by atoms with E-state index in [2.05, 4.69) is 10.3 Å². The van der Waals surface area contributed by atoms with Gasteiger partial charge in [0.15, 0.2) is 0 Å². The van der Waals surface area contributed by atoms with Gasteiger partial charge in [-0.05, 0) is 36.8 Å². The largest absolute Gasteiger partial charge is 0.339 e. The number of rotatable bonds is 4. The van der Waals surface area contributed by atoms with Gasteiger partial charge in [-0.25, -0.2) is 0 Å². The van der Waals surface area contributed by atoms with Crippen LogP contribution in [0, 0.1) is 6.92 Å². The van der Waals surface area contributed by atoms with E-state index in [9.17, 15) is 4.79 Å². The van der Waals surface area contributed by atoms with E-state index in [-0.39, 0.29) is 11.9 Å². The number of nitrogens with one attached hydrogen (secondary N) is 1. The average Bonchev–Trinajstić information content (AvgIpc) is 3.01. The standard InChI is InChI=1S/C18H16N2OS/c1-13-10-11-16(22-13)18(21)20-17(14-7-3-2-4-8-14)15-9-5-6-12-19-15/h2-12,17H,1H3,(H,20,21). The van der Waals surface area contributed by atoms with E-state index in [4.69, 9.17) is 0 Å². The van der Waals surface area contributed by atoms with Gasteiger partial charge in [0.1, 0.15) is 0 Å². The molecule has 1 unspecified atom stereocenters. The predicted octanol–water partition coefficient (Wildman–Crippen LogP) is 3.97. The average molecular weight is 308 g/mol. The van der Waals surface area contributed by atoms with Crippen molar-refractivity contribution in [2.45, 2.75) is 13.0 Å². The van der Waals surface area contributed by atoms with Crippen LogP contribution in [0.3, 0.4) is 0 Å². The van der Waals surface area contributed by atoms with Crippen LogP contribution in [0.5, 0.6) is 0 Å². The lowest BCUT2D eigenvalue weighted by Gasteiger charge is -2.18. The second-order valence-corrected chi connectivity index (χ2v) is 6.27. The van der Waals surface area contributed by atoms with Crippen LogP contribution in [-0.4, -0.2) is 10.9 Å². The first-order valence-corrected chi connectivity index (χ1v) is 7.89. The van der Waals surface area contributed by atoms with E-state index in [1.807, 2.05) is 67.6 Å². The topological polar surface area (TPSA) is 42.0 Å². The first kappa shape index (κ1) is 14.5. The van der Waals surface area contributed by atoms with Crippen molar-refractivity contribution >= 4 is 17.2 Å². The van der Waals surface area contributed by atoms with Gasteiger partial charge in [-0.3, -0.25) is 9.78 Å². The van der Waals surface area contributed by atoms with Gasteiger partial charge in [0.2, 0.25) is 0 Å². The summed E-state index contributed by atoms with van der Waals surface area (Å²) in [5.41, 5.74) is 1.85. The molecule has 3 nitrogen and oxygen atoms in total. The molecule has 0 aliphatic carbocycles. The first-order chi connectivity index (χ1) is 10.7. The molecule has 0 spiro atoms. The molecule has 0 aliphatic rings. The predicted molar refractivity (Wildman–Crippen MR) is 89.0 cm³/mol. The molecule has 4 heteroatoms. The summed E-state index contributed by atoms with van der Waals surface area (Å²) in [4.78, 5) is 18.7. The van der Waals surface area contributed by atoms with Gasteiger partial charge in [0.25, 0.3) is 5.91 Å². The van der Waals surface area contributed by atoms with Crippen molar-refractivity contribution in [3.05, 3.63) is 87.9 Å². The molecule has 2 aromatic heterocycles. The summed E-state index contributed by atoms with van der Waals surface area (Å²) in [7, 11) is 0. The third-order valence-corrected chi connectivity index (χ3v) is 4.36. The number of carbonyl (C=O) groups excluding carboxylic acids is 1. The maximum absolute atomic E-state index is 12.5. The van der Waals surface area contributed by atoms with Crippen molar-refractivity contribution in [3.8, 4) is 0 Å². The van der Waals surface area contributed by atoms with Crippen LogP contribution >= 0.6 is 11.3 Å². The molecule has 0 radical (unpaired) electrons. The fourth-order valence-corrected chi connectivity index (χ4v) is 3.05. The van der Waals surface area contributed by atoms with Gasteiger partial charge in [-0.1, -0.05) is 36.4 Å². The highest BCUT2D eigenvalue weighted by Gasteiger charge is 2.19. The quantitative estimate of drug-likeness (QED) is 0.792. The number of thiophene rings is 1. The molecule has 3 aromatic rings. The van der Waals surface area contributed by atoms with Gasteiger partial charge < -0.3 is 5.32 Å². The molecule has 0 saturated heterocycles. The van der Waals surface area contributed by atoms with Crippen molar-refractivity contribution in [3.63, 3.8) is 0 Å². The Morgan fingerprint density at radius 2 is 1.82 bits per heavy atom. The van der Waals surface area contributed by atoms with Gasteiger partial charge in [0, 0.05) is 11.1 Å². The van der Waals surface area contributed by atoms with Crippen molar-refractivity contribution in [1.29, 1.82) is 0 Å². The van der Waals surface area contributed by atoms with Crippen molar-refractivity contribution in [1.82, 2.24) is 10.3 Å². The Kier molecular flexibility index (Phi) is 4.30. The second kappa shape index (κ2) is 6.54. The van der Waals surface area contributed by atoms with Crippen molar-refractivity contribution in [2.24, 2.45) is 0 Å². The van der Waals surface area contributed by atoms with Crippen molar-refractivity contribution in [2.75, 3.05) is 0 Å². The highest BCUT2D eigenvalue weighted by Crippen LogP contribution is 2.22. The lowest BCUT2D eigenvalue weighted by molar-refractivity contribution is 0.0946. The highest BCUT2D eigenvalue weighted by atomic mass is 32.1. The Morgan fingerprint density at radius 3 is 2.45 bits per heavy atom. The summed E-state index contributed by atoms with van der Waals surface area (Å²) in [6.45, 7) is 1.99. The number of carbonyl (C=O) groups is 1. The van der Waals surface area contributed by atoms with E-state index in [1.54, 1.807) is 6.20 Å². The summed E-state index contributed by atoms with van der Waals surface area (Å²) >= 11 is 1.50. The molecule has 0 aliphatic heterocycles. The van der Waals surface area contributed by atoms with E-state index in [1.165, 1.54) is 11.3 Å². The maximum Gasteiger partial charge on any atom is 0.262 e. The van der Waals surface area contributed by atoms with E-state index >= 15 is 0 Å². The lowest BCUT2D eigenvalue weighted by Crippen LogP contribution is -2.29. The Labute approximate surface area is 133 Å². The molecule has 22 heavy (non-hydrogen) atoms. The molecule has 3 rings (SSSR count). The Balaban J connectivity index is 1.91. The summed E-state index contributed by atoms with van der Waals surface area (Å²) in [6, 6.07) is 19.2. The van der Waals surface area contributed by atoms with E-state index in [0.717, 1.165) is 21.0 Å². The molecular weight excluding hydrogens is 292 g/mol. The number of benzene rings is 1. The highest BCUT2D eigenvalue weighted by molar-refractivity contribution is 7.13. The van der Waals surface area contributed by atoms with Gasteiger partial charge in [-0.15, -0.1) is 11.3 Å². The SMILES string of the molecule is Cc1ccc(C(=O)NC(c2ccccc2)c2ccccn2)s1. The maximum atomic E-state index is 12.5. The molecular formula is C18H16N2OS. The van der Waals surface area contributed by atoms with Gasteiger partial charge in [0.05, 0.1) is 16.6 Å². The normalized spacial score (nSPS) is 11.9. The molecule has 1 aromatic carbocycles. The summed E-state index contributed by atoms with van der Waals surface area (Å²) in [5, 5.41) is 3.09. The minimum absolute atomic E-state index is 0.0717. The number of nitrogens with zero attached hydrogens (tertiary/aromatic N) is 1. The van der Waals surface area contributed by atoms with E-state index in [0.29, 0.717) is 0 Å². The minimum atomic E-state index is -0.252.